The first-order valence-corrected chi connectivity index (χ1v) is 11.5. The Morgan fingerprint density at radius 3 is 2.03 bits per heavy atom. The zero-order valence-corrected chi connectivity index (χ0v) is 19.7. The fraction of sp³-hybridized carbons (Fsp3) is 0.375. The monoisotopic (exact) mass is 528 g/mol. The van der Waals surface area contributed by atoms with E-state index in [0.717, 1.165) is 12.1 Å². The lowest BCUT2D eigenvalue weighted by molar-refractivity contribution is -0.274. The molecule has 12 heteroatoms. The molecule has 0 heterocycles. The second kappa shape index (κ2) is 12.0. The first-order chi connectivity index (χ1) is 17.0. The van der Waals surface area contributed by atoms with Gasteiger partial charge in [-0.1, -0.05) is 11.6 Å². The fourth-order valence-electron chi connectivity index (χ4n) is 3.75. The molecule has 2 aromatic rings. The van der Waals surface area contributed by atoms with Gasteiger partial charge in [0.25, 0.3) is 11.8 Å². The van der Waals surface area contributed by atoms with E-state index in [0.29, 0.717) is 37.0 Å². The van der Waals surface area contributed by atoms with Crippen molar-refractivity contribution in [2.24, 2.45) is 5.92 Å². The van der Waals surface area contributed by atoms with E-state index in [9.17, 15) is 27.6 Å². The first kappa shape index (κ1) is 27.1. The van der Waals surface area contributed by atoms with Gasteiger partial charge in [-0.25, -0.2) is 0 Å². The third-order valence-corrected chi connectivity index (χ3v) is 5.72. The van der Waals surface area contributed by atoms with Gasteiger partial charge in [0.05, 0.1) is 12.0 Å². The average Bonchev–Trinajstić information content (AvgIpc) is 2.81. The van der Waals surface area contributed by atoms with E-state index in [-0.39, 0.29) is 41.6 Å². The van der Waals surface area contributed by atoms with Crippen LogP contribution in [0.4, 0.5) is 13.2 Å². The molecule has 0 aromatic heterocycles. The summed E-state index contributed by atoms with van der Waals surface area (Å²) in [6.45, 7) is 0.0921. The van der Waals surface area contributed by atoms with Crippen LogP contribution in [0.3, 0.4) is 0 Å². The molecular formula is C24H24ClF3N2O6. The molecule has 194 valence electrons. The number of carboxylic acids is 1. The molecule has 1 saturated carbocycles. The number of nitrogens with one attached hydrogen (secondary N) is 2. The molecule has 2 amide bonds. The molecular weight excluding hydrogens is 505 g/mol. The van der Waals surface area contributed by atoms with Crippen molar-refractivity contribution in [3.63, 3.8) is 0 Å². The maximum absolute atomic E-state index is 12.4. The Kier molecular flexibility index (Phi) is 9.03. The summed E-state index contributed by atoms with van der Waals surface area (Å²) >= 11 is 5.76. The van der Waals surface area contributed by atoms with Crippen LogP contribution in [0.25, 0.3) is 0 Å². The second-order valence-corrected chi connectivity index (χ2v) is 8.63. The Labute approximate surface area is 209 Å². The van der Waals surface area contributed by atoms with Crippen molar-refractivity contribution >= 4 is 29.4 Å². The number of aliphatic carboxylic acids is 1. The Hall–Kier alpha value is -3.47. The van der Waals surface area contributed by atoms with E-state index in [1.807, 2.05) is 0 Å². The first-order valence-electron chi connectivity index (χ1n) is 11.1. The summed E-state index contributed by atoms with van der Waals surface area (Å²) in [5.74, 6) is -2.22. The van der Waals surface area contributed by atoms with E-state index in [1.165, 1.54) is 6.07 Å². The number of carboxylic acid groups (broad SMARTS) is 1. The number of alkyl halides is 3. The smallest absolute Gasteiger partial charge is 0.490 e. The lowest BCUT2D eigenvalue weighted by atomic mass is 9.87. The molecule has 8 nitrogen and oxygen atoms in total. The maximum Gasteiger partial charge on any atom is 0.573 e. The molecule has 0 saturated heterocycles. The summed E-state index contributed by atoms with van der Waals surface area (Å²) in [4.78, 5) is 35.6. The van der Waals surface area contributed by atoms with E-state index in [1.54, 1.807) is 24.3 Å². The van der Waals surface area contributed by atoms with Gasteiger partial charge in [-0.3, -0.25) is 14.4 Å². The molecule has 0 bridgehead atoms. The third kappa shape index (κ3) is 8.33. The van der Waals surface area contributed by atoms with Gasteiger partial charge < -0.3 is 25.2 Å². The van der Waals surface area contributed by atoms with Gasteiger partial charge in [-0.15, -0.1) is 13.2 Å². The number of ether oxygens (including phenoxy) is 2. The second-order valence-electron chi connectivity index (χ2n) is 8.19. The molecule has 2 aromatic carbocycles. The summed E-state index contributed by atoms with van der Waals surface area (Å²) < 4.78 is 46.9. The van der Waals surface area contributed by atoms with Crippen molar-refractivity contribution in [2.45, 2.75) is 38.1 Å². The summed E-state index contributed by atoms with van der Waals surface area (Å²) in [7, 11) is 0. The van der Waals surface area contributed by atoms with Crippen molar-refractivity contribution in [2.75, 3.05) is 13.1 Å². The zero-order valence-electron chi connectivity index (χ0n) is 18.9. The van der Waals surface area contributed by atoms with Crippen molar-refractivity contribution in [1.29, 1.82) is 0 Å². The minimum atomic E-state index is -4.92. The van der Waals surface area contributed by atoms with Gasteiger partial charge in [0.2, 0.25) is 0 Å². The van der Waals surface area contributed by atoms with Gasteiger partial charge in [-0.2, -0.15) is 0 Å². The SMILES string of the molecule is O=C(NCCNC(=O)c1cc(Cl)cc(OC(F)(F)F)c1)c1ccc(OC2CCC(C(=O)O)CC2)cc1. The lowest BCUT2D eigenvalue weighted by Crippen LogP contribution is -2.34. The fourth-order valence-corrected chi connectivity index (χ4v) is 3.97. The van der Waals surface area contributed by atoms with Crippen LogP contribution in [-0.2, 0) is 4.79 Å². The van der Waals surface area contributed by atoms with Crippen LogP contribution in [0.15, 0.2) is 42.5 Å². The van der Waals surface area contributed by atoms with Crippen LogP contribution < -0.4 is 20.1 Å². The minimum absolute atomic E-state index is 0.0206. The third-order valence-electron chi connectivity index (χ3n) is 5.51. The van der Waals surface area contributed by atoms with Crippen LogP contribution in [0.2, 0.25) is 5.02 Å². The van der Waals surface area contributed by atoms with Crippen molar-refractivity contribution < 1.29 is 42.1 Å². The Bertz CT molecular complexity index is 1090. The van der Waals surface area contributed by atoms with Crippen LogP contribution in [0, 0.1) is 5.92 Å². The number of carbonyl (C=O) groups excluding carboxylic acids is 2. The minimum Gasteiger partial charge on any atom is -0.490 e. The Balaban J connectivity index is 1.42. The zero-order chi connectivity index (χ0) is 26.3. The highest BCUT2D eigenvalue weighted by Crippen LogP contribution is 2.28. The van der Waals surface area contributed by atoms with Crippen molar-refractivity contribution in [3.8, 4) is 11.5 Å². The Morgan fingerprint density at radius 2 is 1.47 bits per heavy atom. The van der Waals surface area contributed by atoms with Gasteiger partial charge >= 0.3 is 12.3 Å². The average molecular weight is 529 g/mol. The molecule has 3 N–H and O–H groups in total. The van der Waals surface area contributed by atoms with Gasteiger partial charge in [-0.05, 0) is 68.1 Å². The predicted molar refractivity (Wildman–Crippen MR) is 123 cm³/mol. The molecule has 0 atom stereocenters. The lowest BCUT2D eigenvalue weighted by Gasteiger charge is -2.26. The molecule has 1 fully saturated rings. The standard InChI is InChI=1S/C24H24ClF3N2O6/c25-17-11-16(12-20(13-17)36-24(26,27)28)22(32)30-10-9-29-21(31)14-1-5-18(6-2-14)35-19-7-3-15(4-8-19)23(33)34/h1-2,5-6,11-13,15,19H,3-4,7-10H2,(H,29,31)(H,30,32)(H,33,34). The topological polar surface area (TPSA) is 114 Å². The largest absolute Gasteiger partial charge is 0.573 e. The normalized spacial score (nSPS) is 17.7. The number of carbonyl (C=O) groups is 3. The summed E-state index contributed by atoms with van der Waals surface area (Å²) in [5, 5.41) is 14.1. The molecule has 0 spiro atoms. The number of rotatable bonds is 9. The van der Waals surface area contributed by atoms with E-state index >= 15 is 0 Å². The number of halogens is 4. The highest BCUT2D eigenvalue weighted by molar-refractivity contribution is 6.31. The van der Waals surface area contributed by atoms with Crippen molar-refractivity contribution in [1.82, 2.24) is 10.6 Å². The number of amides is 2. The Morgan fingerprint density at radius 1 is 0.889 bits per heavy atom. The van der Waals surface area contributed by atoms with E-state index in [4.69, 9.17) is 21.4 Å². The van der Waals surface area contributed by atoms with Crippen molar-refractivity contribution in [3.05, 3.63) is 58.6 Å². The van der Waals surface area contributed by atoms with Gasteiger partial charge in [0.15, 0.2) is 0 Å². The molecule has 36 heavy (non-hydrogen) atoms. The number of hydrogen-bond acceptors (Lipinski definition) is 5. The molecule has 0 aliphatic heterocycles. The summed E-state index contributed by atoms with van der Waals surface area (Å²) in [5.41, 5.74) is 0.243. The summed E-state index contributed by atoms with van der Waals surface area (Å²) in [6.07, 6.45) is -2.56. The van der Waals surface area contributed by atoms with E-state index in [2.05, 4.69) is 15.4 Å². The quantitative estimate of drug-likeness (QED) is 0.415. The van der Waals surface area contributed by atoms with Gasteiger partial charge in [0, 0.05) is 29.2 Å². The summed E-state index contributed by atoms with van der Waals surface area (Å²) in [6, 6.07) is 9.51. The van der Waals surface area contributed by atoms with Crippen LogP contribution in [0.5, 0.6) is 11.5 Å². The number of benzene rings is 2. The van der Waals surface area contributed by atoms with Crippen LogP contribution in [-0.4, -0.2) is 48.4 Å². The predicted octanol–water partition coefficient (Wildman–Crippen LogP) is 4.42. The van der Waals surface area contributed by atoms with Crippen LogP contribution >= 0.6 is 11.6 Å². The van der Waals surface area contributed by atoms with Gasteiger partial charge in [0.1, 0.15) is 11.5 Å². The van der Waals surface area contributed by atoms with E-state index < -0.39 is 24.0 Å². The highest BCUT2D eigenvalue weighted by atomic mass is 35.5. The molecule has 3 rings (SSSR count). The molecule has 1 aliphatic carbocycles. The number of hydrogen-bond donors (Lipinski definition) is 3. The highest BCUT2D eigenvalue weighted by Gasteiger charge is 2.31. The molecule has 0 radical (unpaired) electrons. The molecule has 0 unspecified atom stereocenters. The molecule has 1 aliphatic rings. The maximum atomic E-state index is 12.4. The van der Waals surface area contributed by atoms with Crippen LogP contribution in [0.1, 0.15) is 46.4 Å².